The number of nitrogens with zero attached hydrogens (tertiary/aromatic N) is 3. The molecule has 0 saturated carbocycles. The van der Waals surface area contributed by atoms with E-state index in [2.05, 4.69) is 9.97 Å². The Balaban J connectivity index is 1.64. The molecule has 0 radical (unpaired) electrons. The molecule has 25 heavy (non-hydrogen) atoms. The van der Waals surface area contributed by atoms with Gasteiger partial charge in [0.15, 0.2) is 0 Å². The fourth-order valence-electron chi connectivity index (χ4n) is 2.79. The fraction of sp³-hybridized carbons (Fsp3) is 0.389. The number of methoxy groups -OCH3 is 2. The van der Waals surface area contributed by atoms with Gasteiger partial charge in [-0.25, -0.2) is 4.98 Å². The number of piperidine rings is 1. The summed E-state index contributed by atoms with van der Waals surface area (Å²) < 4.78 is 16.0. The summed E-state index contributed by atoms with van der Waals surface area (Å²) in [6.07, 6.45) is 3.24. The highest BCUT2D eigenvalue weighted by Gasteiger charge is 2.26. The number of hydrogen-bond donors (Lipinski definition) is 0. The summed E-state index contributed by atoms with van der Waals surface area (Å²) in [6.45, 7) is 1.25. The van der Waals surface area contributed by atoms with Crippen molar-refractivity contribution in [2.75, 3.05) is 27.3 Å². The van der Waals surface area contributed by atoms with Gasteiger partial charge in [0.2, 0.25) is 5.88 Å². The number of carbonyl (C=O) groups excluding carboxylic acids is 1. The fourth-order valence-corrected chi connectivity index (χ4v) is 2.79. The van der Waals surface area contributed by atoms with Crippen LogP contribution in [0.3, 0.4) is 0 Å². The van der Waals surface area contributed by atoms with Crippen LogP contribution in [0, 0.1) is 0 Å². The SMILES string of the molecule is COc1ccc(C(=O)N2CCCC(Oc3ccnc(OC)n3)C2)cc1. The number of amides is 1. The number of likely N-dealkylation sites (tertiary alicyclic amines) is 1. The zero-order valence-corrected chi connectivity index (χ0v) is 14.3. The van der Waals surface area contributed by atoms with Crippen LogP contribution in [0.5, 0.6) is 17.6 Å². The van der Waals surface area contributed by atoms with Crippen LogP contribution < -0.4 is 14.2 Å². The Morgan fingerprint density at radius 2 is 1.96 bits per heavy atom. The van der Waals surface area contributed by atoms with Crippen LogP contribution in [0.15, 0.2) is 36.5 Å². The molecule has 1 saturated heterocycles. The van der Waals surface area contributed by atoms with Crippen molar-refractivity contribution in [3.8, 4) is 17.6 Å². The number of aromatic nitrogens is 2. The molecule has 1 aliphatic rings. The van der Waals surface area contributed by atoms with E-state index >= 15 is 0 Å². The molecule has 7 heteroatoms. The maximum atomic E-state index is 12.7. The smallest absolute Gasteiger partial charge is 0.319 e. The lowest BCUT2D eigenvalue weighted by molar-refractivity contribution is 0.0525. The minimum Gasteiger partial charge on any atom is -0.497 e. The molecule has 7 nitrogen and oxygen atoms in total. The highest BCUT2D eigenvalue weighted by Crippen LogP contribution is 2.20. The Morgan fingerprint density at radius 3 is 2.68 bits per heavy atom. The Kier molecular flexibility index (Phi) is 5.33. The first-order valence-electron chi connectivity index (χ1n) is 8.16. The summed E-state index contributed by atoms with van der Waals surface area (Å²) in [5.41, 5.74) is 0.644. The quantitative estimate of drug-likeness (QED) is 0.828. The van der Waals surface area contributed by atoms with E-state index < -0.39 is 0 Å². The molecular weight excluding hydrogens is 322 g/mol. The maximum Gasteiger partial charge on any atom is 0.319 e. The molecule has 1 amide bonds. The Bertz CT molecular complexity index is 721. The van der Waals surface area contributed by atoms with E-state index in [9.17, 15) is 4.79 Å². The molecule has 1 aromatic heterocycles. The number of carbonyl (C=O) groups is 1. The molecule has 0 spiro atoms. The van der Waals surface area contributed by atoms with Gasteiger partial charge in [0, 0.05) is 24.4 Å². The van der Waals surface area contributed by atoms with Gasteiger partial charge >= 0.3 is 6.01 Å². The van der Waals surface area contributed by atoms with E-state index in [-0.39, 0.29) is 18.0 Å². The van der Waals surface area contributed by atoms with Gasteiger partial charge in [0.1, 0.15) is 11.9 Å². The monoisotopic (exact) mass is 343 g/mol. The molecule has 0 bridgehead atoms. The van der Waals surface area contributed by atoms with Crippen molar-refractivity contribution < 1.29 is 19.0 Å². The molecule has 132 valence electrons. The molecule has 1 aliphatic heterocycles. The average Bonchev–Trinajstić information content (AvgIpc) is 2.68. The van der Waals surface area contributed by atoms with E-state index in [0.717, 1.165) is 25.1 Å². The predicted octanol–water partition coefficient (Wildman–Crippen LogP) is 2.18. The second kappa shape index (κ2) is 7.83. The Labute approximate surface area is 146 Å². The van der Waals surface area contributed by atoms with Crippen LogP contribution in [0.25, 0.3) is 0 Å². The zero-order chi connectivity index (χ0) is 17.6. The summed E-state index contributed by atoms with van der Waals surface area (Å²) in [6, 6.07) is 9.09. The van der Waals surface area contributed by atoms with Gasteiger partial charge < -0.3 is 19.1 Å². The van der Waals surface area contributed by atoms with Gasteiger partial charge in [-0.15, -0.1) is 0 Å². The van der Waals surface area contributed by atoms with E-state index in [1.807, 2.05) is 4.90 Å². The number of hydrogen-bond acceptors (Lipinski definition) is 6. The first-order valence-corrected chi connectivity index (χ1v) is 8.16. The zero-order valence-electron chi connectivity index (χ0n) is 14.3. The molecule has 1 fully saturated rings. The van der Waals surface area contributed by atoms with Crippen molar-refractivity contribution in [3.05, 3.63) is 42.1 Å². The van der Waals surface area contributed by atoms with Gasteiger partial charge in [-0.2, -0.15) is 4.98 Å². The Hall–Kier alpha value is -2.83. The lowest BCUT2D eigenvalue weighted by Crippen LogP contribution is -2.44. The van der Waals surface area contributed by atoms with Crippen molar-refractivity contribution in [2.24, 2.45) is 0 Å². The second-order valence-electron chi connectivity index (χ2n) is 5.74. The summed E-state index contributed by atoms with van der Waals surface area (Å²) >= 11 is 0. The second-order valence-corrected chi connectivity index (χ2v) is 5.74. The molecule has 0 aliphatic carbocycles. The first kappa shape index (κ1) is 17.0. The third-order valence-corrected chi connectivity index (χ3v) is 4.08. The van der Waals surface area contributed by atoms with Crippen molar-refractivity contribution in [2.45, 2.75) is 18.9 Å². The summed E-state index contributed by atoms with van der Waals surface area (Å²) in [4.78, 5) is 22.6. The largest absolute Gasteiger partial charge is 0.497 e. The van der Waals surface area contributed by atoms with Crippen molar-refractivity contribution in [1.29, 1.82) is 0 Å². The van der Waals surface area contributed by atoms with E-state index in [4.69, 9.17) is 14.2 Å². The van der Waals surface area contributed by atoms with Crippen LogP contribution in [0.1, 0.15) is 23.2 Å². The summed E-state index contributed by atoms with van der Waals surface area (Å²) in [5, 5.41) is 0. The van der Waals surface area contributed by atoms with Crippen molar-refractivity contribution in [3.63, 3.8) is 0 Å². The molecule has 0 N–H and O–H groups in total. The molecular formula is C18H21N3O4. The van der Waals surface area contributed by atoms with Gasteiger partial charge in [0.05, 0.1) is 20.8 Å². The van der Waals surface area contributed by atoms with E-state index in [0.29, 0.717) is 18.0 Å². The van der Waals surface area contributed by atoms with E-state index in [1.54, 1.807) is 43.6 Å². The first-order chi connectivity index (χ1) is 12.2. The van der Waals surface area contributed by atoms with Crippen LogP contribution in [0.4, 0.5) is 0 Å². The molecule has 1 unspecified atom stereocenters. The third-order valence-electron chi connectivity index (χ3n) is 4.08. The van der Waals surface area contributed by atoms with Crippen molar-refractivity contribution >= 4 is 5.91 Å². The van der Waals surface area contributed by atoms with E-state index in [1.165, 1.54) is 7.11 Å². The number of benzene rings is 1. The highest BCUT2D eigenvalue weighted by molar-refractivity contribution is 5.94. The lowest BCUT2D eigenvalue weighted by atomic mass is 10.1. The highest BCUT2D eigenvalue weighted by atomic mass is 16.5. The molecule has 2 heterocycles. The van der Waals surface area contributed by atoms with Crippen LogP contribution in [-0.2, 0) is 0 Å². The minimum absolute atomic E-state index is 0.00350. The van der Waals surface area contributed by atoms with Gasteiger partial charge in [0.25, 0.3) is 5.91 Å². The topological polar surface area (TPSA) is 73.8 Å². The van der Waals surface area contributed by atoms with Gasteiger partial charge in [-0.05, 0) is 37.1 Å². The molecule has 1 aromatic carbocycles. The molecule has 1 atom stereocenters. The summed E-state index contributed by atoms with van der Waals surface area (Å²) in [7, 11) is 3.11. The van der Waals surface area contributed by atoms with Crippen molar-refractivity contribution in [1.82, 2.24) is 14.9 Å². The molecule has 2 aromatic rings. The third kappa shape index (κ3) is 4.17. The maximum absolute atomic E-state index is 12.7. The Morgan fingerprint density at radius 1 is 1.16 bits per heavy atom. The number of ether oxygens (including phenoxy) is 3. The predicted molar refractivity (Wildman–Crippen MR) is 91.1 cm³/mol. The standard InChI is InChI=1S/C18H21N3O4/c1-23-14-7-5-13(6-8-14)17(22)21-11-3-4-15(12-21)25-16-9-10-19-18(20-16)24-2/h5-10,15H,3-4,11-12H2,1-2H3. The average molecular weight is 343 g/mol. The normalized spacial score (nSPS) is 17.0. The van der Waals surface area contributed by atoms with Crippen LogP contribution in [0.2, 0.25) is 0 Å². The van der Waals surface area contributed by atoms with Crippen LogP contribution in [-0.4, -0.2) is 54.2 Å². The van der Waals surface area contributed by atoms with Gasteiger partial charge in [-0.3, -0.25) is 4.79 Å². The summed E-state index contributed by atoms with van der Waals surface area (Å²) in [5.74, 6) is 1.18. The van der Waals surface area contributed by atoms with Gasteiger partial charge in [-0.1, -0.05) is 0 Å². The van der Waals surface area contributed by atoms with Crippen LogP contribution >= 0.6 is 0 Å². The number of rotatable bonds is 5. The lowest BCUT2D eigenvalue weighted by Gasteiger charge is -2.32. The minimum atomic E-state index is -0.101. The molecule has 3 rings (SSSR count).